The van der Waals surface area contributed by atoms with Crippen molar-refractivity contribution in [3.05, 3.63) is 70.7 Å². The van der Waals surface area contributed by atoms with Gasteiger partial charge in [0, 0.05) is 11.4 Å². The molecule has 0 spiro atoms. The Balaban J connectivity index is 2.25. The molecule has 0 fully saturated rings. The monoisotopic (exact) mass is 505 g/mol. The lowest BCUT2D eigenvalue weighted by molar-refractivity contribution is -0.131. The van der Waals surface area contributed by atoms with Gasteiger partial charge in [-0.05, 0) is 23.3 Å². The average molecular weight is 506 g/mol. The molecule has 0 aliphatic rings. The molecule has 2 atom stereocenters. The number of halogens is 1. The molecule has 0 heterocycles. The molecule has 0 aliphatic heterocycles. The quantitative estimate of drug-likeness (QED) is 0.324. The van der Waals surface area contributed by atoms with Crippen LogP contribution in [0, 0.1) is 11.3 Å². The standard InChI is InChI=1S/C22H24ClN5O5S/c1-34(32,33)28-20(16-8-5-9-17(23)13-16)22(31)27-18(12-15-6-3-2-4-7-15)21(30)26-14-19(29)25-11-10-24/h2-9,13,18,20,28H,11-12,14H2,1H3,(H,25,29)(H,26,30)(H,27,31)/t18-,20-/m0/s1. The molecule has 2 aromatic rings. The second-order valence-electron chi connectivity index (χ2n) is 7.28. The highest BCUT2D eigenvalue weighted by Crippen LogP contribution is 2.19. The van der Waals surface area contributed by atoms with Crippen molar-refractivity contribution in [3.8, 4) is 6.07 Å². The van der Waals surface area contributed by atoms with E-state index in [0.29, 0.717) is 5.02 Å². The highest BCUT2D eigenvalue weighted by molar-refractivity contribution is 7.88. The summed E-state index contributed by atoms with van der Waals surface area (Å²) in [7, 11) is -3.81. The van der Waals surface area contributed by atoms with Crippen molar-refractivity contribution >= 4 is 39.3 Å². The van der Waals surface area contributed by atoms with Crippen molar-refractivity contribution in [2.24, 2.45) is 0 Å². The summed E-state index contributed by atoms with van der Waals surface area (Å²) < 4.78 is 26.1. The normalized spacial score (nSPS) is 12.6. The summed E-state index contributed by atoms with van der Waals surface area (Å²) in [5, 5.41) is 16.1. The molecule has 3 amide bonds. The van der Waals surface area contributed by atoms with Gasteiger partial charge in [-0.3, -0.25) is 14.4 Å². The first-order chi connectivity index (χ1) is 16.1. The first-order valence-electron chi connectivity index (χ1n) is 10.1. The van der Waals surface area contributed by atoms with Crippen LogP contribution < -0.4 is 20.7 Å². The van der Waals surface area contributed by atoms with E-state index >= 15 is 0 Å². The maximum atomic E-state index is 13.1. The fourth-order valence-electron chi connectivity index (χ4n) is 2.98. The van der Waals surface area contributed by atoms with Crippen LogP contribution in [-0.4, -0.2) is 51.5 Å². The van der Waals surface area contributed by atoms with Gasteiger partial charge in [-0.2, -0.15) is 9.98 Å². The molecule has 180 valence electrons. The van der Waals surface area contributed by atoms with Crippen LogP contribution in [0.3, 0.4) is 0 Å². The second kappa shape index (κ2) is 12.7. The minimum atomic E-state index is -3.81. The van der Waals surface area contributed by atoms with Gasteiger partial charge in [0.05, 0.1) is 18.9 Å². The minimum Gasteiger partial charge on any atom is -0.345 e. The van der Waals surface area contributed by atoms with Crippen molar-refractivity contribution in [3.63, 3.8) is 0 Å². The molecule has 0 unspecified atom stereocenters. The number of benzene rings is 2. The number of carbonyl (C=O) groups is 3. The van der Waals surface area contributed by atoms with Gasteiger partial charge in [0.2, 0.25) is 27.7 Å². The molecule has 4 N–H and O–H groups in total. The molecular formula is C22H24ClN5O5S. The van der Waals surface area contributed by atoms with Crippen molar-refractivity contribution in [2.75, 3.05) is 19.3 Å². The molecule has 0 aliphatic carbocycles. The number of hydrogen-bond acceptors (Lipinski definition) is 6. The Hall–Kier alpha value is -3.46. The average Bonchev–Trinajstić information content (AvgIpc) is 2.79. The molecule has 12 heteroatoms. The van der Waals surface area contributed by atoms with Gasteiger partial charge in [0.25, 0.3) is 0 Å². The Morgan fingerprint density at radius 1 is 1.03 bits per heavy atom. The molecule has 0 saturated carbocycles. The number of sulfonamides is 1. The molecule has 2 rings (SSSR count). The predicted molar refractivity (Wildman–Crippen MR) is 126 cm³/mol. The summed E-state index contributed by atoms with van der Waals surface area (Å²) in [4.78, 5) is 37.7. The smallest absolute Gasteiger partial charge is 0.243 e. The molecule has 34 heavy (non-hydrogen) atoms. The van der Waals surface area contributed by atoms with Crippen LogP contribution in [0.15, 0.2) is 54.6 Å². The first kappa shape index (κ1) is 26.8. The largest absolute Gasteiger partial charge is 0.345 e. The summed E-state index contributed by atoms with van der Waals surface area (Å²) in [6.45, 7) is -0.613. The number of nitriles is 1. The first-order valence-corrected chi connectivity index (χ1v) is 12.3. The number of nitrogens with zero attached hydrogens (tertiary/aromatic N) is 1. The van der Waals surface area contributed by atoms with E-state index in [2.05, 4.69) is 20.7 Å². The second-order valence-corrected chi connectivity index (χ2v) is 9.50. The van der Waals surface area contributed by atoms with E-state index in [9.17, 15) is 22.8 Å². The number of hydrogen-bond donors (Lipinski definition) is 4. The maximum absolute atomic E-state index is 13.1. The molecule has 0 bridgehead atoms. The van der Waals surface area contributed by atoms with Crippen LogP contribution in [-0.2, 0) is 30.8 Å². The van der Waals surface area contributed by atoms with Crippen LogP contribution in [0.4, 0.5) is 0 Å². The van der Waals surface area contributed by atoms with Gasteiger partial charge in [-0.15, -0.1) is 0 Å². The highest BCUT2D eigenvalue weighted by atomic mass is 35.5. The zero-order valence-electron chi connectivity index (χ0n) is 18.2. The Labute approximate surface area is 202 Å². The maximum Gasteiger partial charge on any atom is 0.243 e. The summed E-state index contributed by atoms with van der Waals surface area (Å²) in [6, 6.07) is 14.2. The van der Waals surface area contributed by atoms with E-state index in [4.69, 9.17) is 16.9 Å². The molecular weight excluding hydrogens is 482 g/mol. The van der Waals surface area contributed by atoms with Gasteiger partial charge in [0.15, 0.2) is 0 Å². The van der Waals surface area contributed by atoms with Gasteiger partial charge < -0.3 is 16.0 Å². The molecule has 2 aromatic carbocycles. The number of carbonyl (C=O) groups excluding carboxylic acids is 3. The Kier molecular flexibility index (Phi) is 10.0. The lowest BCUT2D eigenvalue weighted by atomic mass is 10.0. The van der Waals surface area contributed by atoms with Crippen LogP contribution in [0.5, 0.6) is 0 Å². The van der Waals surface area contributed by atoms with Crippen LogP contribution >= 0.6 is 11.6 Å². The third kappa shape index (κ3) is 9.19. The molecule has 0 aromatic heterocycles. The summed E-state index contributed by atoms with van der Waals surface area (Å²) in [5.41, 5.74) is 1.01. The molecule has 0 radical (unpaired) electrons. The van der Waals surface area contributed by atoms with E-state index in [1.165, 1.54) is 12.1 Å². The zero-order valence-corrected chi connectivity index (χ0v) is 19.8. The SMILES string of the molecule is CS(=O)(=O)N[C@H](C(=O)N[C@@H](Cc1ccccc1)C(=O)NCC(=O)NCC#N)c1cccc(Cl)c1. The highest BCUT2D eigenvalue weighted by Gasteiger charge is 2.29. The van der Waals surface area contributed by atoms with Gasteiger partial charge in [-0.1, -0.05) is 54.1 Å². The van der Waals surface area contributed by atoms with E-state index in [1.54, 1.807) is 48.5 Å². The number of rotatable bonds is 11. The zero-order chi connectivity index (χ0) is 25.1. The van der Waals surface area contributed by atoms with Gasteiger partial charge in [0.1, 0.15) is 18.6 Å². The van der Waals surface area contributed by atoms with Crippen molar-refractivity contribution < 1.29 is 22.8 Å². The van der Waals surface area contributed by atoms with E-state index < -0.39 is 46.4 Å². The topological polar surface area (TPSA) is 157 Å². The molecule has 10 nitrogen and oxygen atoms in total. The summed E-state index contributed by atoms with van der Waals surface area (Å²) in [6.07, 6.45) is 0.991. The minimum absolute atomic E-state index is 0.0827. The van der Waals surface area contributed by atoms with E-state index in [0.717, 1.165) is 11.8 Å². The van der Waals surface area contributed by atoms with Crippen LogP contribution in [0.25, 0.3) is 0 Å². The Bertz CT molecular complexity index is 1170. The third-order valence-electron chi connectivity index (χ3n) is 4.48. The molecule has 0 saturated heterocycles. The van der Waals surface area contributed by atoms with Crippen molar-refractivity contribution in [1.82, 2.24) is 20.7 Å². The Morgan fingerprint density at radius 2 is 1.74 bits per heavy atom. The van der Waals surface area contributed by atoms with Gasteiger partial charge >= 0.3 is 0 Å². The lowest BCUT2D eigenvalue weighted by Gasteiger charge is -2.23. The lowest BCUT2D eigenvalue weighted by Crippen LogP contribution is -2.52. The van der Waals surface area contributed by atoms with Crippen LogP contribution in [0.1, 0.15) is 17.2 Å². The predicted octanol–water partition coefficient (Wildman–Crippen LogP) is 0.414. The third-order valence-corrected chi connectivity index (χ3v) is 5.38. The summed E-state index contributed by atoms with van der Waals surface area (Å²) >= 11 is 6.00. The van der Waals surface area contributed by atoms with Crippen molar-refractivity contribution in [2.45, 2.75) is 18.5 Å². The summed E-state index contributed by atoms with van der Waals surface area (Å²) in [5.74, 6) is -2.01. The fraction of sp³-hybridized carbons (Fsp3) is 0.273. The number of nitrogens with one attached hydrogen (secondary N) is 4. The van der Waals surface area contributed by atoms with Crippen LogP contribution in [0.2, 0.25) is 5.02 Å². The number of amides is 3. The van der Waals surface area contributed by atoms with Gasteiger partial charge in [-0.25, -0.2) is 8.42 Å². The van der Waals surface area contributed by atoms with Crippen molar-refractivity contribution in [1.29, 1.82) is 5.26 Å². The van der Waals surface area contributed by atoms with E-state index in [-0.39, 0.29) is 18.5 Å². The fourth-order valence-corrected chi connectivity index (χ4v) is 3.85. The Morgan fingerprint density at radius 3 is 2.35 bits per heavy atom. The van der Waals surface area contributed by atoms with E-state index in [1.807, 2.05) is 0 Å².